The van der Waals surface area contributed by atoms with E-state index in [4.69, 9.17) is 9.26 Å². The fraction of sp³-hybridized carbons (Fsp3) is 0.368. The molecule has 1 aromatic carbocycles. The van der Waals surface area contributed by atoms with Crippen molar-refractivity contribution in [2.75, 3.05) is 31.6 Å². The highest BCUT2D eigenvalue weighted by molar-refractivity contribution is 7.13. The Morgan fingerprint density at radius 3 is 2.96 bits per heavy atom. The Kier molecular flexibility index (Phi) is 4.90. The molecule has 7 heteroatoms. The predicted octanol–water partition coefficient (Wildman–Crippen LogP) is 3.52. The number of benzene rings is 1. The van der Waals surface area contributed by atoms with Gasteiger partial charge in [0.15, 0.2) is 0 Å². The third-order valence-electron chi connectivity index (χ3n) is 4.44. The first-order chi connectivity index (χ1) is 12.7. The fourth-order valence-corrected chi connectivity index (χ4v) is 3.89. The van der Waals surface area contributed by atoms with Gasteiger partial charge in [0.2, 0.25) is 11.7 Å². The second-order valence-electron chi connectivity index (χ2n) is 6.43. The standard InChI is InChI=1S/C19H22N4O2S/c1-3-23-12-14(24-16-8-5-4-7-15(16)23)11-22(2)13-18-20-19(21-25-18)17-9-6-10-26-17/h4-10,14H,3,11-13H2,1-2H3/t14-/m1/s1. The number of thiophene rings is 1. The Labute approximate surface area is 157 Å². The lowest BCUT2D eigenvalue weighted by Crippen LogP contribution is -2.45. The number of likely N-dealkylation sites (N-methyl/N-ethyl adjacent to an activating group) is 2. The van der Waals surface area contributed by atoms with Crippen LogP contribution in [0.15, 0.2) is 46.3 Å². The van der Waals surface area contributed by atoms with Crippen molar-refractivity contribution < 1.29 is 9.26 Å². The first-order valence-electron chi connectivity index (χ1n) is 8.78. The second-order valence-corrected chi connectivity index (χ2v) is 7.38. The largest absolute Gasteiger partial charge is 0.485 e. The maximum absolute atomic E-state index is 6.19. The Morgan fingerprint density at radius 2 is 2.15 bits per heavy atom. The Bertz CT molecular complexity index is 849. The van der Waals surface area contributed by atoms with Crippen LogP contribution < -0.4 is 9.64 Å². The van der Waals surface area contributed by atoms with Gasteiger partial charge >= 0.3 is 0 Å². The monoisotopic (exact) mass is 370 g/mol. The molecular weight excluding hydrogens is 348 g/mol. The van der Waals surface area contributed by atoms with Gasteiger partial charge in [-0.25, -0.2) is 0 Å². The van der Waals surface area contributed by atoms with Crippen molar-refractivity contribution in [1.29, 1.82) is 0 Å². The van der Waals surface area contributed by atoms with Gasteiger partial charge in [0, 0.05) is 13.1 Å². The third kappa shape index (κ3) is 3.59. The van der Waals surface area contributed by atoms with Crippen LogP contribution >= 0.6 is 11.3 Å². The minimum Gasteiger partial charge on any atom is -0.485 e. The van der Waals surface area contributed by atoms with Crippen LogP contribution in [0.4, 0.5) is 5.69 Å². The average molecular weight is 370 g/mol. The fourth-order valence-electron chi connectivity index (χ4n) is 3.24. The summed E-state index contributed by atoms with van der Waals surface area (Å²) in [4.78, 5) is 10.0. The minimum atomic E-state index is 0.106. The van der Waals surface area contributed by atoms with Crippen LogP contribution in [0.5, 0.6) is 5.75 Å². The first kappa shape index (κ1) is 17.1. The van der Waals surface area contributed by atoms with Gasteiger partial charge in [0.25, 0.3) is 0 Å². The zero-order valence-electron chi connectivity index (χ0n) is 15.0. The maximum Gasteiger partial charge on any atom is 0.241 e. The number of anilines is 1. The van der Waals surface area contributed by atoms with Crippen molar-refractivity contribution in [3.63, 3.8) is 0 Å². The van der Waals surface area contributed by atoms with Gasteiger partial charge in [-0.2, -0.15) is 4.98 Å². The van der Waals surface area contributed by atoms with Crippen LogP contribution in [0.3, 0.4) is 0 Å². The van der Waals surface area contributed by atoms with Crippen LogP contribution in [-0.4, -0.2) is 47.8 Å². The molecule has 136 valence electrons. The van der Waals surface area contributed by atoms with E-state index in [-0.39, 0.29) is 6.10 Å². The highest BCUT2D eigenvalue weighted by atomic mass is 32.1. The van der Waals surface area contributed by atoms with E-state index in [2.05, 4.69) is 46.0 Å². The highest BCUT2D eigenvalue weighted by Gasteiger charge is 2.26. The number of ether oxygens (including phenoxy) is 1. The number of fused-ring (bicyclic) bond motifs is 1. The van der Waals surface area contributed by atoms with Gasteiger partial charge < -0.3 is 14.2 Å². The number of hydrogen-bond acceptors (Lipinski definition) is 7. The van der Waals surface area contributed by atoms with Crippen molar-refractivity contribution in [2.45, 2.75) is 19.6 Å². The van der Waals surface area contributed by atoms with Crippen LogP contribution in [0.1, 0.15) is 12.8 Å². The van der Waals surface area contributed by atoms with Gasteiger partial charge in [-0.05, 0) is 37.6 Å². The summed E-state index contributed by atoms with van der Waals surface area (Å²) in [6.45, 7) is 5.41. The second kappa shape index (κ2) is 7.47. The van der Waals surface area contributed by atoms with E-state index < -0.39 is 0 Å². The number of aromatic nitrogens is 2. The van der Waals surface area contributed by atoms with E-state index in [0.29, 0.717) is 18.3 Å². The van der Waals surface area contributed by atoms with E-state index in [9.17, 15) is 0 Å². The molecule has 0 spiro atoms. The molecule has 1 atom stereocenters. The summed E-state index contributed by atoms with van der Waals surface area (Å²) >= 11 is 1.61. The van der Waals surface area contributed by atoms with Crippen LogP contribution in [0.25, 0.3) is 10.7 Å². The zero-order chi connectivity index (χ0) is 17.9. The van der Waals surface area contributed by atoms with Crippen LogP contribution in [-0.2, 0) is 6.54 Å². The molecule has 0 saturated heterocycles. The smallest absolute Gasteiger partial charge is 0.241 e. The molecule has 0 radical (unpaired) electrons. The van der Waals surface area contributed by atoms with E-state index in [1.165, 1.54) is 5.69 Å². The Hall–Kier alpha value is -2.38. The summed E-state index contributed by atoms with van der Waals surface area (Å²) in [7, 11) is 2.05. The summed E-state index contributed by atoms with van der Waals surface area (Å²) in [6.07, 6.45) is 0.106. The van der Waals surface area contributed by atoms with Crippen molar-refractivity contribution in [2.24, 2.45) is 0 Å². The van der Waals surface area contributed by atoms with E-state index in [1.54, 1.807) is 11.3 Å². The van der Waals surface area contributed by atoms with Gasteiger partial charge in [0.1, 0.15) is 11.9 Å². The number of hydrogen-bond donors (Lipinski definition) is 0. The lowest BCUT2D eigenvalue weighted by Gasteiger charge is -2.37. The van der Waals surface area contributed by atoms with Crippen molar-refractivity contribution in [3.8, 4) is 16.5 Å². The summed E-state index contributed by atoms with van der Waals surface area (Å²) in [5, 5.41) is 6.08. The van der Waals surface area contributed by atoms with Gasteiger partial charge in [-0.3, -0.25) is 4.90 Å². The number of nitrogens with zero attached hydrogens (tertiary/aromatic N) is 4. The average Bonchev–Trinajstić information content (AvgIpc) is 3.32. The maximum atomic E-state index is 6.19. The topological polar surface area (TPSA) is 54.6 Å². The molecule has 0 N–H and O–H groups in total. The number of rotatable bonds is 6. The SMILES string of the molecule is CCN1C[C@@H](CN(C)Cc2nc(-c3cccs3)no2)Oc2ccccc21. The summed E-state index contributed by atoms with van der Waals surface area (Å²) in [5.41, 5.74) is 1.17. The molecule has 0 aliphatic carbocycles. The van der Waals surface area contributed by atoms with Crippen molar-refractivity contribution in [1.82, 2.24) is 15.0 Å². The molecular formula is C19H22N4O2S. The molecule has 2 aromatic heterocycles. The highest BCUT2D eigenvalue weighted by Crippen LogP contribution is 2.33. The lowest BCUT2D eigenvalue weighted by atomic mass is 10.2. The normalized spacial score (nSPS) is 16.6. The molecule has 3 heterocycles. The molecule has 4 rings (SSSR count). The molecule has 0 amide bonds. The number of para-hydroxylation sites is 2. The van der Waals surface area contributed by atoms with E-state index in [1.807, 2.05) is 29.6 Å². The van der Waals surface area contributed by atoms with Gasteiger partial charge in [-0.1, -0.05) is 23.4 Å². The molecule has 0 saturated carbocycles. The molecule has 0 bridgehead atoms. The zero-order valence-corrected chi connectivity index (χ0v) is 15.8. The quantitative estimate of drug-likeness (QED) is 0.662. The minimum absolute atomic E-state index is 0.106. The molecule has 1 aliphatic rings. The van der Waals surface area contributed by atoms with Crippen LogP contribution in [0, 0.1) is 0 Å². The Morgan fingerprint density at radius 1 is 1.27 bits per heavy atom. The summed E-state index contributed by atoms with van der Waals surface area (Å²) in [5.74, 6) is 2.24. The van der Waals surface area contributed by atoms with Crippen molar-refractivity contribution in [3.05, 3.63) is 47.7 Å². The van der Waals surface area contributed by atoms with Gasteiger partial charge in [0.05, 0.1) is 23.7 Å². The predicted molar refractivity (Wildman–Crippen MR) is 103 cm³/mol. The molecule has 0 unspecified atom stereocenters. The molecule has 1 aliphatic heterocycles. The molecule has 26 heavy (non-hydrogen) atoms. The van der Waals surface area contributed by atoms with Crippen LogP contribution in [0.2, 0.25) is 0 Å². The Balaban J connectivity index is 1.39. The van der Waals surface area contributed by atoms with E-state index in [0.717, 1.165) is 30.3 Å². The summed E-state index contributed by atoms with van der Waals surface area (Å²) in [6, 6.07) is 12.2. The third-order valence-corrected chi connectivity index (χ3v) is 5.30. The molecule has 6 nitrogen and oxygen atoms in total. The molecule has 3 aromatic rings. The molecule has 0 fully saturated rings. The van der Waals surface area contributed by atoms with Crippen molar-refractivity contribution >= 4 is 17.0 Å². The summed E-state index contributed by atoms with van der Waals surface area (Å²) < 4.78 is 11.6. The van der Waals surface area contributed by atoms with E-state index >= 15 is 0 Å². The van der Waals surface area contributed by atoms with Gasteiger partial charge in [-0.15, -0.1) is 11.3 Å². The first-order valence-corrected chi connectivity index (χ1v) is 9.66. The lowest BCUT2D eigenvalue weighted by molar-refractivity contribution is 0.133.